The summed E-state index contributed by atoms with van der Waals surface area (Å²) in [7, 11) is -3.37. The highest BCUT2D eigenvalue weighted by Gasteiger charge is 2.56. The van der Waals surface area contributed by atoms with Crippen LogP contribution in [0.4, 0.5) is 5.82 Å². The highest BCUT2D eigenvalue weighted by Crippen LogP contribution is 2.57. The summed E-state index contributed by atoms with van der Waals surface area (Å²) in [6, 6.07) is 0. The van der Waals surface area contributed by atoms with Crippen molar-refractivity contribution in [1.82, 2.24) is 19.5 Å². The molecule has 1 aliphatic carbocycles. The molecule has 29 heavy (non-hydrogen) atoms. The summed E-state index contributed by atoms with van der Waals surface area (Å²) in [5.41, 5.74) is 6.70. The van der Waals surface area contributed by atoms with Crippen LogP contribution in [0.5, 0.6) is 0 Å². The molecule has 2 heterocycles. The van der Waals surface area contributed by atoms with E-state index in [1.807, 2.05) is 32.3 Å². The van der Waals surface area contributed by atoms with E-state index >= 15 is 0 Å². The number of hydrogen-bond acceptors (Lipinski definition) is 8. The molecule has 1 fully saturated rings. The van der Waals surface area contributed by atoms with Gasteiger partial charge >= 0.3 is 7.60 Å². The van der Waals surface area contributed by atoms with Crippen LogP contribution in [-0.4, -0.2) is 43.7 Å². The number of hydrogen-bond donors (Lipinski definition) is 1. The van der Waals surface area contributed by atoms with Crippen LogP contribution in [0, 0.1) is 5.92 Å². The second-order valence-electron chi connectivity index (χ2n) is 8.25. The number of nitrogens with zero attached hydrogens (tertiary/aromatic N) is 4. The fourth-order valence-corrected chi connectivity index (χ4v) is 5.60. The van der Waals surface area contributed by atoms with Gasteiger partial charge in [-0.15, -0.1) is 0 Å². The number of imidazole rings is 1. The minimum atomic E-state index is -3.37. The Bertz CT molecular complexity index is 873. The molecular formula is C19H32N5O4P. The zero-order valence-electron chi connectivity index (χ0n) is 17.9. The maximum absolute atomic E-state index is 13.2. The lowest BCUT2D eigenvalue weighted by molar-refractivity contribution is 0.0158. The van der Waals surface area contributed by atoms with Crippen molar-refractivity contribution in [3.63, 3.8) is 0 Å². The smallest absolute Gasteiger partial charge is 0.356 e. The van der Waals surface area contributed by atoms with E-state index < -0.39 is 13.2 Å². The van der Waals surface area contributed by atoms with Gasteiger partial charge in [-0.2, -0.15) is 0 Å². The summed E-state index contributed by atoms with van der Waals surface area (Å²) >= 11 is 0. The molecular weight excluding hydrogens is 393 g/mol. The van der Waals surface area contributed by atoms with E-state index in [9.17, 15) is 4.57 Å². The first kappa shape index (κ1) is 22.2. The summed E-state index contributed by atoms with van der Waals surface area (Å²) in [5.74, 6) is 0.723. The van der Waals surface area contributed by atoms with Crippen LogP contribution in [0.2, 0.25) is 0 Å². The highest BCUT2D eigenvalue weighted by atomic mass is 31.2. The number of aromatic nitrogens is 4. The van der Waals surface area contributed by atoms with Gasteiger partial charge in [-0.1, -0.05) is 13.3 Å². The van der Waals surface area contributed by atoms with Crippen LogP contribution in [0.3, 0.4) is 0 Å². The molecule has 0 spiro atoms. The van der Waals surface area contributed by atoms with Crippen molar-refractivity contribution in [1.29, 1.82) is 0 Å². The summed E-state index contributed by atoms with van der Waals surface area (Å²) in [5, 5.41) is 0. The third-order valence-corrected chi connectivity index (χ3v) is 6.86. The predicted octanol–water partition coefficient (Wildman–Crippen LogP) is 3.98. The number of ether oxygens (including phenoxy) is 1. The molecule has 3 rings (SSSR count). The molecule has 162 valence electrons. The topological polar surface area (TPSA) is 114 Å². The lowest BCUT2D eigenvalue weighted by Gasteiger charge is -2.26. The Hall–Kier alpha value is -1.54. The second-order valence-corrected chi connectivity index (χ2v) is 10.2. The zero-order chi connectivity index (χ0) is 21.2. The van der Waals surface area contributed by atoms with Crippen LogP contribution in [0.1, 0.15) is 53.9 Å². The van der Waals surface area contributed by atoms with Crippen molar-refractivity contribution in [2.45, 2.75) is 78.2 Å². The number of rotatable bonds is 11. The van der Waals surface area contributed by atoms with E-state index in [2.05, 4.69) is 21.9 Å². The summed E-state index contributed by atoms with van der Waals surface area (Å²) in [6.07, 6.45) is 5.59. The molecule has 0 aliphatic heterocycles. The summed E-state index contributed by atoms with van der Waals surface area (Å²) < 4.78 is 32.7. The normalized spacial score (nSPS) is 22.1. The van der Waals surface area contributed by atoms with Gasteiger partial charge in [-0.25, -0.2) is 15.0 Å². The molecule has 9 nitrogen and oxygen atoms in total. The number of nitrogens with two attached hydrogens (primary N) is 1. The third-order valence-electron chi connectivity index (χ3n) is 4.93. The van der Waals surface area contributed by atoms with E-state index in [-0.39, 0.29) is 18.6 Å². The van der Waals surface area contributed by atoms with Crippen LogP contribution in [0.15, 0.2) is 12.7 Å². The van der Waals surface area contributed by atoms with Crippen molar-refractivity contribution in [3.8, 4) is 0 Å². The first-order valence-electron chi connectivity index (χ1n) is 10.2. The number of anilines is 1. The van der Waals surface area contributed by atoms with E-state index in [1.165, 1.54) is 6.33 Å². The minimum absolute atomic E-state index is 0.0761. The predicted molar refractivity (Wildman–Crippen MR) is 111 cm³/mol. The van der Waals surface area contributed by atoms with Crippen molar-refractivity contribution < 1.29 is 18.3 Å². The third kappa shape index (κ3) is 5.15. The standard InChI is InChI=1S/C19H32N5O4P/c1-6-7-15-8-19(15,26-12-29(25,27-13(2)3)28-14(4)5)9-24-11-23-16-17(20)21-10-22-18(16)24/h10-11,13-15H,6-9,12H2,1-5H3,(H2,20,21,22). The van der Waals surface area contributed by atoms with Gasteiger partial charge in [0.1, 0.15) is 18.2 Å². The number of nitrogen functional groups attached to an aromatic ring is 1. The Morgan fingerprint density at radius 3 is 2.55 bits per heavy atom. The lowest BCUT2D eigenvalue weighted by Crippen LogP contribution is -2.26. The van der Waals surface area contributed by atoms with Gasteiger partial charge in [0.05, 0.1) is 30.7 Å². The van der Waals surface area contributed by atoms with E-state index in [4.69, 9.17) is 19.5 Å². The molecule has 10 heteroatoms. The van der Waals surface area contributed by atoms with Gasteiger partial charge < -0.3 is 24.1 Å². The molecule has 1 saturated carbocycles. The molecule has 0 radical (unpaired) electrons. The van der Waals surface area contributed by atoms with E-state index in [0.29, 0.717) is 29.4 Å². The molecule has 2 unspecified atom stereocenters. The first-order chi connectivity index (χ1) is 13.7. The fourth-order valence-electron chi connectivity index (χ4n) is 3.73. The fraction of sp³-hybridized carbons (Fsp3) is 0.737. The monoisotopic (exact) mass is 425 g/mol. The first-order valence-corrected chi connectivity index (χ1v) is 11.9. The second kappa shape index (κ2) is 8.68. The van der Waals surface area contributed by atoms with Gasteiger partial charge in [0, 0.05) is 0 Å². The van der Waals surface area contributed by atoms with Gasteiger partial charge in [0.15, 0.2) is 11.5 Å². The molecule has 0 amide bonds. The zero-order valence-corrected chi connectivity index (χ0v) is 18.8. The maximum Gasteiger partial charge on any atom is 0.356 e. The Balaban J connectivity index is 1.80. The Morgan fingerprint density at radius 1 is 1.24 bits per heavy atom. The average Bonchev–Trinajstić information content (AvgIpc) is 3.11. The van der Waals surface area contributed by atoms with Crippen LogP contribution >= 0.6 is 7.60 Å². The van der Waals surface area contributed by atoms with Crippen molar-refractivity contribution in [3.05, 3.63) is 12.7 Å². The van der Waals surface area contributed by atoms with Crippen LogP contribution in [0.25, 0.3) is 11.2 Å². The lowest BCUT2D eigenvalue weighted by atomic mass is 10.1. The van der Waals surface area contributed by atoms with Crippen molar-refractivity contribution >= 4 is 24.6 Å². The van der Waals surface area contributed by atoms with E-state index in [0.717, 1.165) is 19.3 Å². The van der Waals surface area contributed by atoms with Gasteiger partial charge in [-0.05, 0) is 46.5 Å². The van der Waals surface area contributed by atoms with Crippen LogP contribution < -0.4 is 5.73 Å². The van der Waals surface area contributed by atoms with Crippen molar-refractivity contribution in [2.75, 3.05) is 12.1 Å². The molecule has 0 aromatic carbocycles. The molecule has 2 atom stereocenters. The minimum Gasteiger partial charge on any atom is -0.382 e. The Morgan fingerprint density at radius 2 is 1.93 bits per heavy atom. The number of fused-ring (bicyclic) bond motifs is 1. The van der Waals surface area contributed by atoms with Crippen molar-refractivity contribution in [2.24, 2.45) is 5.92 Å². The molecule has 2 aromatic heterocycles. The highest BCUT2D eigenvalue weighted by molar-refractivity contribution is 7.53. The molecule has 0 bridgehead atoms. The van der Waals surface area contributed by atoms with Gasteiger partial charge in [0.25, 0.3) is 0 Å². The Kier molecular flexibility index (Phi) is 6.63. The van der Waals surface area contributed by atoms with Crippen LogP contribution in [-0.2, 0) is 24.9 Å². The molecule has 2 N–H and O–H groups in total. The van der Waals surface area contributed by atoms with E-state index in [1.54, 1.807) is 6.33 Å². The Labute approximate surface area is 171 Å². The SMILES string of the molecule is CCCC1CC1(Cn1cnc2c(N)ncnc21)OCP(=O)(OC(C)C)OC(C)C. The molecule has 0 saturated heterocycles. The summed E-state index contributed by atoms with van der Waals surface area (Å²) in [6.45, 7) is 10.1. The molecule has 2 aromatic rings. The van der Waals surface area contributed by atoms with Gasteiger partial charge in [-0.3, -0.25) is 4.57 Å². The maximum atomic E-state index is 13.2. The molecule has 1 aliphatic rings. The quantitative estimate of drug-likeness (QED) is 0.538. The van der Waals surface area contributed by atoms with Gasteiger partial charge in [0.2, 0.25) is 0 Å². The largest absolute Gasteiger partial charge is 0.382 e. The summed E-state index contributed by atoms with van der Waals surface area (Å²) in [4.78, 5) is 12.7. The average molecular weight is 425 g/mol.